The van der Waals surface area contributed by atoms with E-state index >= 15 is 0 Å². The first-order chi connectivity index (χ1) is 8.54. The lowest BCUT2D eigenvalue weighted by Gasteiger charge is -2.17. The Balaban J connectivity index is 3.23. The van der Waals surface area contributed by atoms with Gasteiger partial charge >= 0.3 is 0 Å². The Morgan fingerprint density at radius 3 is 2.56 bits per heavy atom. The predicted octanol–water partition coefficient (Wildman–Crippen LogP) is 1.69. The quantitative estimate of drug-likeness (QED) is 0.361. The fraction of sp³-hybridized carbons (Fsp3) is 0.538. The second-order valence-electron chi connectivity index (χ2n) is 4.47. The third-order valence-corrected chi connectivity index (χ3v) is 3.37. The van der Waals surface area contributed by atoms with Crippen molar-refractivity contribution >= 4 is 5.84 Å². The summed E-state index contributed by atoms with van der Waals surface area (Å²) in [7, 11) is 0. The van der Waals surface area contributed by atoms with Crippen molar-refractivity contribution in [2.24, 2.45) is 16.8 Å². The van der Waals surface area contributed by atoms with Gasteiger partial charge in [-0.25, -0.2) is 0 Å². The van der Waals surface area contributed by atoms with E-state index in [1.807, 2.05) is 13.0 Å². The largest absolute Gasteiger partial charge is 0.409 e. The van der Waals surface area contributed by atoms with E-state index in [0.717, 1.165) is 18.5 Å². The minimum Gasteiger partial charge on any atom is -0.409 e. The van der Waals surface area contributed by atoms with E-state index in [1.165, 1.54) is 0 Å². The van der Waals surface area contributed by atoms with Crippen LogP contribution in [0.2, 0.25) is 0 Å². The highest BCUT2D eigenvalue weighted by Gasteiger charge is 2.12. The summed E-state index contributed by atoms with van der Waals surface area (Å²) >= 11 is 0. The van der Waals surface area contributed by atoms with Gasteiger partial charge < -0.3 is 15.5 Å². The van der Waals surface area contributed by atoms with Gasteiger partial charge in [-0.1, -0.05) is 31.8 Å². The third kappa shape index (κ3) is 2.91. The molecule has 1 aromatic rings. The summed E-state index contributed by atoms with van der Waals surface area (Å²) < 4.78 is 1.70. The molecule has 0 aliphatic rings. The molecule has 1 rings (SSSR count). The highest BCUT2D eigenvalue weighted by atomic mass is 16.4. The SMILES string of the molecule is CCC(CC)Cn1c(C)ccc(/C(N)=N/O)c1=O. The van der Waals surface area contributed by atoms with Crippen LogP contribution < -0.4 is 11.3 Å². The molecule has 0 saturated carbocycles. The minimum atomic E-state index is -0.197. The molecule has 0 unspecified atom stereocenters. The second-order valence-corrected chi connectivity index (χ2v) is 4.47. The topological polar surface area (TPSA) is 80.6 Å². The number of aromatic nitrogens is 1. The molecule has 0 amide bonds. The Hall–Kier alpha value is -1.78. The van der Waals surface area contributed by atoms with Crippen molar-refractivity contribution in [3.8, 4) is 0 Å². The molecule has 0 bridgehead atoms. The molecular weight excluding hydrogens is 230 g/mol. The van der Waals surface area contributed by atoms with Crippen LogP contribution in [0, 0.1) is 12.8 Å². The molecule has 18 heavy (non-hydrogen) atoms. The summed E-state index contributed by atoms with van der Waals surface area (Å²) in [6.45, 7) is 6.79. The molecule has 5 nitrogen and oxygen atoms in total. The maximum Gasteiger partial charge on any atom is 0.261 e. The zero-order valence-electron chi connectivity index (χ0n) is 11.2. The van der Waals surface area contributed by atoms with Gasteiger partial charge in [-0.2, -0.15) is 0 Å². The van der Waals surface area contributed by atoms with Gasteiger partial charge in [-0.15, -0.1) is 0 Å². The number of pyridine rings is 1. The number of hydrogen-bond acceptors (Lipinski definition) is 3. The average Bonchev–Trinajstić information content (AvgIpc) is 2.38. The summed E-state index contributed by atoms with van der Waals surface area (Å²) in [5.74, 6) is 0.322. The number of nitrogens with two attached hydrogens (primary N) is 1. The Kier molecular flexibility index (Phi) is 4.95. The number of amidine groups is 1. The van der Waals surface area contributed by atoms with Crippen LogP contribution in [-0.2, 0) is 6.54 Å². The third-order valence-electron chi connectivity index (χ3n) is 3.37. The molecule has 0 saturated heterocycles. The van der Waals surface area contributed by atoms with Crippen molar-refractivity contribution in [1.29, 1.82) is 0 Å². The Labute approximate surface area is 107 Å². The molecule has 3 N–H and O–H groups in total. The van der Waals surface area contributed by atoms with Crippen LogP contribution in [0.5, 0.6) is 0 Å². The zero-order chi connectivity index (χ0) is 13.7. The molecule has 0 atom stereocenters. The molecule has 0 spiro atoms. The summed E-state index contributed by atoms with van der Waals surface area (Å²) in [5, 5.41) is 11.6. The van der Waals surface area contributed by atoms with Gasteiger partial charge in [-0.3, -0.25) is 4.79 Å². The Morgan fingerprint density at radius 1 is 1.44 bits per heavy atom. The number of aryl methyl sites for hydroxylation is 1. The number of oxime groups is 1. The average molecular weight is 251 g/mol. The van der Waals surface area contributed by atoms with Crippen LogP contribution in [0.1, 0.15) is 37.9 Å². The van der Waals surface area contributed by atoms with Gasteiger partial charge in [0.15, 0.2) is 5.84 Å². The van der Waals surface area contributed by atoms with E-state index in [1.54, 1.807) is 10.6 Å². The van der Waals surface area contributed by atoms with Crippen LogP contribution in [0.25, 0.3) is 0 Å². The van der Waals surface area contributed by atoms with Crippen molar-refractivity contribution < 1.29 is 5.21 Å². The van der Waals surface area contributed by atoms with E-state index in [4.69, 9.17) is 10.9 Å². The normalized spacial score (nSPS) is 12.1. The fourth-order valence-corrected chi connectivity index (χ4v) is 1.95. The maximum absolute atomic E-state index is 12.2. The highest BCUT2D eigenvalue weighted by molar-refractivity contribution is 5.96. The van der Waals surface area contributed by atoms with E-state index in [9.17, 15) is 4.79 Å². The number of rotatable bonds is 5. The summed E-state index contributed by atoms with van der Waals surface area (Å²) in [4.78, 5) is 12.2. The molecule has 0 aliphatic carbocycles. The lowest BCUT2D eigenvalue weighted by molar-refractivity contribution is 0.318. The number of nitrogens with zero attached hydrogens (tertiary/aromatic N) is 2. The summed E-state index contributed by atoms with van der Waals surface area (Å²) in [6.07, 6.45) is 2.05. The first-order valence-corrected chi connectivity index (χ1v) is 6.23. The molecular formula is C13H21N3O2. The molecule has 1 heterocycles. The summed E-state index contributed by atoms with van der Waals surface area (Å²) in [5.41, 5.74) is 6.43. The van der Waals surface area contributed by atoms with Crippen LogP contribution in [0.3, 0.4) is 0 Å². The lowest BCUT2D eigenvalue weighted by atomic mass is 10.0. The standard InChI is InChI=1S/C13H21N3O2/c1-4-10(5-2)8-16-9(3)6-7-11(13(16)17)12(14)15-18/h6-7,10,18H,4-5,8H2,1-3H3,(H2,14,15). The van der Waals surface area contributed by atoms with Crippen molar-refractivity contribution in [1.82, 2.24) is 4.57 Å². The van der Waals surface area contributed by atoms with Crippen LogP contribution in [0.4, 0.5) is 0 Å². The molecule has 0 aromatic carbocycles. The van der Waals surface area contributed by atoms with Crippen molar-refractivity contribution in [2.75, 3.05) is 0 Å². The second kappa shape index (κ2) is 6.23. The Morgan fingerprint density at radius 2 is 2.06 bits per heavy atom. The molecule has 5 heteroatoms. The van der Waals surface area contributed by atoms with Gasteiger partial charge in [0.05, 0.1) is 5.56 Å². The lowest BCUT2D eigenvalue weighted by Crippen LogP contribution is -2.32. The first-order valence-electron chi connectivity index (χ1n) is 6.23. The zero-order valence-corrected chi connectivity index (χ0v) is 11.2. The Bertz CT molecular complexity index is 487. The van der Waals surface area contributed by atoms with Crippen LogP contribution in [-0.4, -0.2) is 15.6 Å². The van der Waals surface area contributed by atoms with Crippen LogP contribution in [0.15, 0.2) is 22.1 Å². The summed E-state index contributed by atoms with van der Waals surface area (Å²) in [6, 6.07) is 3.41. The fourth-order valence-electron chi connectivity index (χ4n) is 1.95. The van der Waals surface area contributed by atoms with Gasteiger partial charge in [0, 0.05) is 12.2 Å². The first kappa shape index (κ1) is 14.3. The van der Waals surface area contributed by atoms with E-state index in [0.29, 0.717) is 12.5 Å². The number of hydrogen-bond donors (Lipinski definition) is 2. The van der Waals surface area contributed by atoms with Crippen molar-refractivity contribution in [3.63, 3.8) is 0 Å². The minimum absolute atomic E-state index is 0.140. The molecule has 0 fully saturated rings. The van der Waals surface area contributed by atoms with Gasteiger partial charge in [0.1, 0.15) is 0 Å². The molecule has 1 aromatic heterocycles. The molecule has 0 aliphatic heterocycles. The monoisotopic (exact) mass is 251 g/mol. The van der Waals surface area contributed by atoms with Gasteiger partial charge in [-0.05, 0) is 25.0 Å². The van der Waals surface area contributed by atoms with E-state index in [-0.39, 0.29) is 17.0 Å². The smallest absolute Gasteiger partial charge is 0.261 e. The van der Waals surface area contributed by atoms with Crippen LogP contribution >= 0.6 is 0 Å². The highest BCUT2D eigenvalue weighted by Crippen LogP contribution is 2.11. The maximum atomic E-state index is 12.2. The predicted molar refractivity (Wildman–Crippen MR) is 72.0 cm³/mol. The van der Waals surface area contributed by atoms with E-state index < -0.39 is 0 Å². The van der Waals surface area contributed by atoms with Gasteiger partial charge in [0.2, 0.25) is 0 Å². The van der Waals surface area contributed by atoms with Crippen molar-refractivity contribution in [2.45, 2.75) is 40.2 Å². The molecule has 100 valence electrons. The van der Waals surface area contributed by atoms with E-state index in [2.05, 4.69) is 19.0 Å². The van der Waals surface area contributed by atoms with Crippen molar-refractivity contribution in [3.05, 3.63) is 33.7 Å². The van der Waals surface area contributed by atoms with Gasteiger partial charge in [0.25, 0.3) is 5.56 Å². The molecule has 0 radical (unpaired) electrons.